The van der Waals surface area contributed by atoms with E-state index in [2.05, 4.69) is 5.32 Å². The molecule has 5 aliphatic carbocycles. The SMILES string of the molecule is CC(C)(N)CNC(=O)C[C@H]1CC[C@]2(CC1)OO[C@]1(O2)[C@@H]2C[C@H]3C[C@@H](C2)C[C@@H]1C3. The number of rotatable bonds is 4. The molecule has 5 saturated carbocycles. The third-order valence-electron chi connectivity index (χ3n) is 8.03. The summed E-state index contributed by atoms with van der Waals surface area (Å²) in [5.41, 5.74) is 5.58. The molecule has 0 atom stereocenters. The van der Waals surface area contributed by atoms with Gasteiger partial charge in [0, 0.05) is 43.2 Å². The van der Waals surface area contributed by atoms with Gasteiger partial charge in [-0.3, -0.25) is 4.79 Å². The van der Waals surface area contributed by atoms with E-state index < -0.39 is 11.6 Å². The van der Waals surface area contributed by atoms with Crippen LogP contribution < -0.4 is 11.1 Å². The van der Waals surface area contributed by atoms with Gasteiger partial charge < -0.3 is 15.8 Å². The average Bonchev–Trinajstić information content (AvgIpc) is 3.00. The smallest absolute Gasteiger partial charge is 0.220 e. The van der Waals surface area contributed by atoms with Crippen LogP contribution in [0.15, 0.2) is 0 Å². The fourth-order valence-corrected chi connectivity index (χ4v) is 6.78. The number of carbonyl (C=O) groups excluding carboxylic acids is 1. The van der Waals surface area contributed by atoms with Crippen LogP contribution in [0.2, 0.25) is 0 Å². The lowest BCUT2D eigenvalue weighted by atomic mass is 9.53. The molecule has 6 fully saturated rings. The maximum absolute atomic E-state index is 12.2. The summed E-state index contributed by atoms with van der Waals surface area (Å²) in [7, 11) is 0. The minimum atomic E-state index is -0.582. The highest BCUT2D eigenvalue weighted by Crippen LogP contribution is 2.63. The maximum Gasteiger partial charge on any atom is 0.220 e. The summed E-state index contributed by atoms with van der Waals surface area (Å²) < 4.78 is 6.74. The number of nitrogens with one attached hydrogen (secondary N) is 1. The van der Waals surface area contributed by atoms with E-state index in [1.807, 2.05) is 13.8 Å². The summed E-state index contributed by atoms with van der Waals surface area (Å²) in [6.45, 7) is 4.36. The van der Waals surface area contributed by atoms with Crippen molar-refractivity contribution in [3.8, 4) is 0 Å². The van der Waals surface area contributed by atoms with Gasteiger partial charge >= 0.3 is 0 Å². The summed E-state index contributed by atoms with van der Waals surface area (Å²) in [5, 5.41) is 2.96. The van der Waals surface area contributed by atoms with E-state index in [1.54, 1.807) is 0 Å². The van der Waals surface area contributed by atoms with Crippen LogP contribution in [0, 0.1) is 29.6 Å². The Balaban J connectivity index is 1.16. The summed E-state index contributed by atoms with van der Waals surface area (Å²) in [6, 6.07) is 0. The van der Waals surface area contributed by atoms with Gasteiger partial charge in [0.15, 0.2) is 0 Å². The van der Waals surface area contributed by atoms with Gasteiger partial charge in [0.05, 0.1) is 0 Å². The molecule has 4 bridgehead atoms. The molecular formula is C22H36N2O4. The molecule has 2 spiro atoms. The topological polar surface area (TPSA) is 82.8 Å². The zero-order valence-electron chi connectivity index (χ0n) is 17.4. The number of ether oxygens (including phenoxy) is 1. The Morgan fingerprint density at radius 1 is 1.04 bits per heavy atom. The van der Waals surface area contributed by atoms with Crippen molar-refractivity contribution in [2.75, 3.05) is 6.54 Å². The van der Waals surface area contributed by atoms with Crippen molar-refractivity contribution in [1.29, 1.82) is 0 Å². The van der Waals surface area contributed by atoms with Gasteiger partial charge in [-0.1, -0.05) is 0 Å². The van der Waals surface area contributed by atoms with Gasteiger partial charge in [0.25, 0.3) is 0 Å². The van der Waals surface area contributed by atoms with Gasteiger partial charge in [-0.05, 0) is 76.5 Å². The van der Waals surface area contributed by atoms with Crippen LogP contribution >= 0.6 is 0 Å². The Morgan fingerprint density at radius 2 is 1.64 bits per heavy atom. The van der Waals surface area contributed by atoms with Crippen LogP contribution in [-0.2, 0) is 19.3 Å². The van der Waals surface area contributed by atoms with Crippen molar-refractivity contribution in [2.45, 2.75) is 95.2 Å². The van der Waals surface area contributed by atoms with Crippen LogP contribution in [0.25, 0.3) is 0 Å². The average molecular weight is 393 g/mol. The van der Waals surface area contributed by atoms with Crippen LogP contribution in [0.5, 0.6) is 0 Å². The molecule has 6 aliphatic rings. The molecule has 0 aromatic carbocycles. The first-order valence-corrected chi connectivity index (χ1v) is 11.4. The number of amides is 1. The Bertz CT molecular complexity index is 593. The lowest BCUT2D eigenvalue weighted by Crippen LogP contribution is -2.59. The lowest BCUT2D eigenvalue weighted by Gasteiger charge is -2.57. The van der Waals surface area contributed by atoms with Crippen molar-refractivity contribution in [3.05, 3.63) is 0 Å². The summed E-state index contributed by atoms with van der Waals surface area (Å²) in [5.74, 6) is 2.19. The predicted molar refractivity (Wildman–Crippen MR) is 104 cm³/mol. The number of hydrogen-bond donors (Lipinski definition) is 2. The first kappa shape index (κ1) is 19.3. The molecule has 6 heteroatoms. The monoisotopic (exact) mass is 392 g/mol. The third kappa shape index (κ3) is 3.40. The van der Waals surface area contributed by atoms with Gasteiger partial charge in [0.1, 0.15) is 0 Å². The molecular weight excluding hydrogens is 356 g/mol. The van der Waals surface area contributed by atoms with Gasteiger partial charge in [0.2, 0.25) is 17.5 Å². The molecule has 6 rings (SSSR count). The van der Waals surface area contributed by atoms with E-state index in [9.17, 15) is 4.79 Å². The highest BCUT2D eigenvalue weighted by Gasteiger charge is 2.66. The van der Waals surface area contributed by atoms with E-state index in [1.165, 1.54) is 32.1 Å². The molecule has 6 nitrogen and oxygen atoms in total. The standard InChI is InChI=1S/C22H36N2O4/c1-20(2,23)13-24-19(25)12-14-3-5-21(6-4-14)26-22(28-27-21)17-8-15-7-16(10-17)11-18(22)9-15/h14-18H,3-13,23H2,1-2H3,(H,24,25)/t14-,15-,16+,17-,18+,21+,22-. The number of hydrogen-bond acceptors (Lipinski definition) is 5. The zero-order valence-corrected chi connectivity index (χ0v) is 17.4. The van der Waals surface area contributed by atoms with E-state index in [-0.39, 0.29) is 11.4 Å². The van der Waals surface area contributed by atoms with Gasteiger partial charge in [-0.15, -0.1) is 0 Å². The van der Waals surface area contributed by atoms with Crippen molar-refractivity contribution >= 4 is 5.91 Å². The highest BCUT2D eigenvalue weighted by atomic mass is 17.3. The molecule has 0 unspecified atom stereocenters. The fourth-order valence-electron chi connectivity index (χ4n) is 6.78. The van der Waals surface area contributed by atoms with Crippen LogP contribution in [0.1, 0.15) is 78.1 Å². The second kappa shape index (κ2) is 6.66. The lowest BCUT2D eigenvalue weighted by molar-refractivity contribution is -0.390. The predicted octanol–water partition coefficient (Wildman–Crippen LogP) is 3.25. The second-order valence-electron chi connectivity index (χ2n) is 11.1. The first-order valence-electron chi connectivity index (χ1n) is 11.4. The summed E-state index contributed by atoms with van der Waals surface area (Å²) in [6.07, 6.45) is 10.5. The minimum Gasteiger partial charge on any atom is -0.354 e. The van der Waals surface area contributed by atoms with Crippen LogP contribution in [-0.4, -0.2) is 29.6 Å². The molecule has 28 heavy (non-hydrogen) atoms. The molecule has 0 radical (unpaired) electrons. The first-order chi connectivity index (χ1) is 13.3. The molecule has 0 aromatic rings. The van der Waals surface area contributed by atoms with Gasteiger partial charge in [-0.25, -0.2) is 0 Å². The summed E-state index contributed by atoms with van der Waals surface area (Å²) >= 11 is 0. The van der Waals surface area contributed by atoms with E-state index in [4.69, 9.17) is 20.2 Å². The quantitative estimate of drug-likeness (QED) is 0.718. The zero-order chi connectivity index (χ0) is 19.6. The van der Waals surface area contributed by atoms with Crippen molar-refractivity contribution in [3.63, 3.8) is 0 Å². The Labute approximate surface area is 168 Å². The normalized spacial score (nSPS) is 47.2. The van der Waals surface area contributed by atoms with Crippen LogP contribution in [0.3, 0.4) is 0 Å². The molecule has 1 amide bonds. The number of carbonyl (C=O) groups is 1. The third-order valence-corrected chi connectivity index (χ3v) is 8.03. The number of nitrogens with two attached hydrogens (primary N) is 1. The second-order valence-corrected chi connectivity index (χ2v) is 11.1. The maximum atomic E-state index is 12.2. The Kier molecular flexibility index (Phi) is 4.59. The molecule has 3 N–H and O–H groups in total. The van der Waals surface area contributed by atoms with E-state index in [0.29, 0.717) is 30.7 Å². The highest BCUT2D eigenvalue weighted by molar-refractivity contribution is 5.76. The molecule has 0 aromatic heterocycles. The van der Waals surface area contributed by atoms with Crippen LogP contribution in [0.4, 0.5) is 0 Å². The van der Waals surface area contributed by atoms with Crippen molar-refractivity contribution in [2.24, 2.45) is 35.3 Å². The molecule has 1 heterocycles. The van der Waals surface area contributed by atoms with E-state index >= 15 is 0 Å². The molecule has 1 aliphatic heterocycles. The van der Waals surface area contributed by atoms with E-state index in [0.717, 1.165) is 37.5 Å². The minimum absolute atomic E-state index is 0.0986. The Morgan fingerprint density at radius 3 is 2.21 bits per heavy atom. The Hall–Kier alpha value is -0.690. The molecule has 158 valence electrons. The van der Waals surface area contributed by atoms with Gasteiger partial charge in [-0.2, -0.15) is 9.78 Å². The fraction of sp³-hybridized carbons (Fsp3) is 0.955. The van der Waals surface area contributed by atoms with Crippen molar-refractivity contribution < 1.29 is 19.3 Å². The van der Waals surface area contributed by atoms with Crippen molar-refractivity contribution in [1.82, 2.24) is 5.32 Å². The largest absolute Gasteiger partial charge is 0.354 e. The molecule has 1 saturated heterocycles. The summed E-state index contributed by atoms with van der Waals surface area (Å²) in [4.78, 5) is 24.3.